The van der Waals surface area contributed by atoms with Crippen LogP contribution in [0.2, 0.25) is 5.02 Å². The molecule has 0 bridgehead atoms. The van der Waals surface area contributed by atoms with Crippen molar-refractivity contribution < 1.29 is 0 Å². The van der Waals surface area contributed by atoms with Crippen molar-refractivity contribution in [1.29, 1.82) is 0 Å². The van der Waals surface area contributed by atoms with Crippen LogP contribution in [0.1, 0.15) is 34.7 Å². The average molecular weight is 581 g/mol. The smallest absolute Gasteiger partial charge is 0.271 e. The van der Waals surface area contributed by atoms with Crippen molar-refractivity contribution in [3.05, 3.63) is 129 Å². The third-order valence-electron chi connectivity index (χ3n) is 6.21. The minimum atomic E-state index is -0.181. The molecule has 6 heteroatoms. The fourth-order valence-electron chi connectivity index (χ4n) is 4.72. The first kappa shape index (κ1) is 21.1. The van der Waals surface area contributed by atoms with Gasteiger partial charge in [-0.25, -0.2) is 4.99 Å². The molecule has 1 aliphatic heterocycles. The van der Waals surface area contributed by atoms with E-state index in [0.717, 1.165) is 38.0 Å². The van der Waals surface area contributed by atoms with Gasteiger partial charge in [0.1, 0.15) is 0 Å². The normalized spacial score (nSPS) is 17.3. The van der Waals surface area contributed by atoms with E-state index in [2.05, 4.69) is 52.9 Å². The molecule has 6 rings (SSSR count). The number of aryl methyl sites for hydroxylation is 1. The molecule has 0 N–H and O–H groups in total. The van der Waals surface area contributed by atoms with Gasteiger partial charge in [0.2, 0.25) is 0 Å². The van der Waals surface area contributed by atoms with Crippen LogP contribution in [0.25, 0.3) is 11.8 Å². The third kappa shape index (κ3) is 3.72. The monoisotopic (exact) mass is 580 g/mol. The molecule has 2 heterocycles. The van der Waals surface area contributed by atoms with Crippen LogP contribution in [-0.4, -0.2) is 4.57 Å². The second-order valence-electron chi connectivity index (χ2n) is 8.22. The summed E-state index contributed by atoms with van der Waals surface area (Å²) >= 11 is 9.94. The van der Waals surface area contributed by atoms with E-state index in [0.29, 0.717) is 9.55 Å². The molecule has 0 spiro atoms. The van der Waals surface area contributed by atoms with E-state index >= 15 is 0 Å². The Bertz CT molecular complexity index is 1620. The highest BCUT2D eigenvalue weighted by Gasteiger charge is 2.32. The van der Waals surface area contributed by atoms with Crippen LogP contribution in [0.3, 0.4) is 0 Å². The van der Waals surface area contributed by atoms with E-state index in [1.165, 1.54) is 28.0 Å². The Kier molecular flexibility index (Phi) is 5.35. The summed E-state index contributed by atoms with van der Waals surface area (Å²) in [5.74, 6) is 0. The zero-order valence-corrected chi connectivity index (χ0v) is 21.2. The Labute approximate surface area is 213 Å². The molecule has 0 saturated heterocycles. The number of halogens is 2. The molecule has 33 heavy (non-hydrogen) atoms. The van der Waals surface area contributed by atoms with Gasteiger partial charge in [0.05, 0.1) is 16.3 Å². The van der Waals surface area contributed by atoms with Crippen LogP contribution in [0.15, 0.2) is 88.2 Å². The fraction of sp³-hybridized carbons (Fsp3) is 0.111. The van der Waals surface area contributed by atoms with Gasteiger partial charge in [0, 0.05) is 14.2 Å². The maximum absolute atomic E-state index is 13.7. The maximum atomic E-state index is 13.7. The van der Waals surface area contributed by atoms with E-state index in [1.54, 1.807) is 0 Å². The lowest BCUT2D eigenvalue weighted by atomic mass is 9.83. The van der Waals surface area contributed by atoms with Crippen molar-refractivity contribution in [2.24, 2.45) is 4.99 Å². The summed E-state index contributed by atoms with van der Waals surface area (Å²) in [6.07, 6.45) is 3.80. The second kappa shape index (κ2) is 8.38. The van der Waals surface area contributed by atoms with Crippen molar-refractivity contribution >= 4 is 57.3 Å². The lowest BCUT2D eigenvalue weighted by molar-refractivity contribution is 0.585. The summed E-state index contributed by atoms with van der Waals surface area (Å²) in [7, 11) is 0. The second-order valence-corrected chi connectivity index (χ2v) is 10.9. The minimum Gasteiger partial charge on any atom is -0.272 e. The number of rotatable bonds is 2. The van der Waals surface area contributed by atoms with Gasteiger partial charge in [-0.3, -0.25) is 9.36 Å². The van der Waals surface area contributed by atoms with Crippen LogP contribution in [0.5, 0.6) is 0 Å². The summed E-state index contributed by atoms with van der Waals surface area (Å²) in [6.45, 7) is 0. The summed E-state index contributed by atoms with van der Waals surface area (Å²) < 4.78 is 3.71. The highest BCUT2D eigenvalue weighted by molar-refractivity contribution is 14.1. The molecule has 2 aliphatic rings. The Morgan fingerprint density at radius 3 is 2.67 bits per heavy atom. The molecule has 4 aromatic rings. The van der Waals surface area contributed by atoms with Gasteiger partial charge in [-0.1, -0.05) is 71.5 Å². The summed E-state index contributed by atoms with van der Waals surface area (Å²) in [6, 6.07) is 24.3. The Morgan fingerprint density at radius 1 is 1.03 bits per heavy atom. The van der Waals surface area contributed by atoms with Crippen LogP contribution < -0.4 is 14.9 Å². The van der Waals surface area contributed by atoms with Crippen LogP contribution in [-0.2, 0) is 6.42 Å². The van der Waals surface area contributed by atoms with E-state index in [4.69, 9.17) is 16.6 Å². The molecule has 0 unspecified atom stereocenters. The van der Waals surface area contributed by atoms with Gasteiger partial charge in [0.25, 0.3) is 5.56 Å². The summed E-state index contributed by atoms with van der Waals surface area (Å²) in [5, 5.41) is 0.688. The SMILES string of the molecule is O=c1/c(=C/c2cccc(I)c2)sc2n1[C@H](c1ccc(Cl)cc1)C1=C(N=2)c2ccccc2CC1. The number of allylic oxidation sites excluding steroid dienone is 1. The summed E-state index contributed by atoms with van der Waals surface area (Å²) in [4.78, 5) is 19.5. The van der Waals surface area contributed by atoms with Gasteiger partial charge in [-0.05, 0) is 88.0 Å². The largest absolute Gasteiger partial charge is 0.272 e. The molecular formula is C27H18ClIN2OS. The summed E-state index contributed by atoms with van der Waals surface area (Å²) in [5.41, 5.74) is 6.78. The lowest BCUT2D eigenvalue weighted by Gasteiger charge is -2.30. The molecule has 0 amide bonds. The lowest BCUT2D eigenvalue weighted by Crippen LogP contribution is -2.38. The molecule has 3 nitrogen and oxygen atoms in total. The van der Waals surface area contributed by atoms with Gasteiger partial charge in [-0.2, -0.15) is 0 Å². The zero-order chi connectivity index (χ0) is 22.5. The molecule has 1 atom stereocenters. The minimum absolute atomic E-state index is 0.00275. The molecule has 0 radical (unpaired) electrons. The van der Waals surface area contributed by atoms with Crippen molar-refractivity contribution in [3.8, 4) is 0 Å². The third-order valence-corrected chi connectivity index (χ3v) is 8.11. The molecule has 0 saturated carbocycles. The number of hydrogen-bond acceptors (Lipinski definition) is 3. The predicted octanol–water partition coefficient (Wildman–Crippen LogP) is 5.58. The number of thiazole rings is 1. The Balaban J connectivity index is 1.63. The van der Waals surface area contributed by atoms with Crippen molar-refractivity contribution in [2.75, 3.05) is 0 Å². The molecule has 3 aromatic carbocycles. The highest BCUT2D eigenvalue weighted by atomic mass is 127. The average Bonchev–Trinajstić information content (AvgIpc) is 3.13. The maximum Gasteiger partial charge on any atom is 0.271 e. The molecule has 162 valence electrons. The van der Waals surface area contributed by atoms with Crippen LogP contribution >= 0.6 is 45.5 Å². The standard InChI is InChI=1S/C27H18ClIN2OS/c28-19-11-8-18(9-12-19)25-22-13-10-17-5-1-2-7-21(17)24(22)30-27-31(25)26(32)23(33-27)15-16-4-3-6-20(29)14-16/h1-9,11-12,14-15,25H,10,13H2/b23-15-/t25-/m1/s1. The van der Waals surface area contributed by atoms with Gasteiger partial charge in [0.15, 0.2) is 4.80 Å². The fourth-order valence-corrected chi connectivity index (χ4v) is 6.41. The first-order valence-corrected chi connectivity index (χ1v) is 13.0. The number of aromatic nitrogens is 1. The highest BCUT2D eigenvalue weighted by Crippen LogP contribution is 2.41. The first-order valence-electron chi connectivity index (χ1n) is 10.7. The Hall–Kier alpha value is -2.48. The molecular weight excluding hydrogens is 563 g/mol. The van der Waals surface area contributed by atoms with E-state index in [1.807, 2.05) is 53.1 Å². The van der Waals surface area contributed by atoms with Gasteiger partial charge < -0.3 is 0 Å². The predicted molar refractivity (Wildman–Crippen MR) is 143 cm³/mol. The quantitative estimate of drug-likeness (QED) is 0.285. The number of fused-ring (bicyclic) bond motifs is 3. The number of hydrogen-bond donors (Lipinski definition) is 0. The van der Waals surface area contributed by atoms with E-state index in [-0.39, 0.29) is 11.6 Å². The van der Waals surface area contributed by atoms with Crippen LogP contribution in [0, 0.1) is 3.57 Å². The topological polar surface area (TPSA) is 34.4 Å². The van der Waals surface area contributed by atoms with Crippen molar-refractivity contribution in [1.82, 2.24) is 4.57 Å². The van der Waals surface area contributed by atoms with Crippen LogP contribution in [0.4, 0.5) is 0 Å². The molecule has 0 fully saturated rings. The molecule has 1 aromatic heterocycles. The van der Waals surface area contributed by atoms with Crippen molar-refractivity contribution in [2.45, 2.75) is 18.9 Å². The van der Waals surface area contributed by atoms with Gasteiger partial charge >= 0.3 is 0 Å². The number of benzene rings is 3. The number of nitrogens with zero attached hydrogens (tertiary/aromatic N) is 2. The van der Waals surface area contributed by atoms with Crippen molar-refractivity contribution in [3.63, 3.8) is 0 Å². The zero-order valence-electron chi connectivity index (χ0n) is 17.5. The first-order chi connectivity index (χ1) is 16.1. The van der Waals surface area contributed by atoms with Gasteiger partial charge in [-0.15, -0.1) is 0 Å². The van der Waals surface area contributed by atoms with E-state index < -0.39 is 0 Å². The Morgan fingerprint density at radius 2 is 1.85 bits per heavy atom. The van der Waals surface area contributed by atoms with E-state index in [9.17, 15) is 4.79 Å². The molecule has 1 aliphatic carbocycles.